The molecule has 0 aromatic heterocycles. The number of benzene rings is 1. The molecule has 0 saturated carbocycles. The first kappa shape index (κ1) is 8.32. The quantitative estimate of drug-likeness (QED) is 0.668. The number of hydrogen-bond donors (Lipinski definition) is 0. The van der Waals surface area contributed by atoms with Gasteiger partial charge in [-0.1, -0.05) is 17.7 Å². The highest BCUT2D eigenvalue weighted by Gasteiger charge is 2.03. The van der Waals surface area contributed by atoms with Crippen LogP contribution in [0.25, 0.3) is 0 Å². The minimum Gasteiger partial charge on any atom is -0.328 e. The van der Waals surface area contributed by atoms with Gasteiger partial charge in [-0.2, -0.15) is 0 Å². The molecule has 0 atom stereocenters. The summed E-state index contributed by atoms with van der Waals surface area (Å²) in [6.07, 6.45) is 5.68. The molecule has 1 aliphatic rings. The number of allylic oxidation sites excluding steroid dienone is 1. The van der Waals surface area contributed by atoms with Crippen molar-refractivity contribution in [1.29, 1.82) is 0 Å². The minimum absolute atomic E-state index is 0.664. The molecular formula is C10H9ClN2. The van der Waals surface area contributed by atoms with E-state index < -0.39 is 0 Å². The van der Waals surface area contributed by atoms with Gasteiger partial charge in [-0.25, -0.2) is 0 Å². The first-order chi connectivity index (χ1) is 6.36. The molecule has 0 saturated heterocycles. The van der Waals surface area contributed by atoms with Gasteiger partial charge in [0.05, 0.1) is 0 Å². The number of nitrogens with zero attached hydrogens (tertiary/aromatic N) is 2. The van der Waals surface area contributed by atoms with E-state index in [9.17, 15) is 0 Å². The Morgan fingerprint density at radius 3 is 3.00 bits per heavy atom. The van der Waals surface area contributed by atoms with Crippen LogP contribution in [0.15, 0.2) is 41.5 Å². The van der Waals surface area contributed by atoms with Crippen LogP contribution >= 0.6 is 11.6 Å². The second-order valence-electron chi connectivity index (χ2n) is 2.76. The van der Waals surface area contributed by atoms with E-state index in [0.717, 1.165) is 10.7 Å². The van der Waals surface area contributed by atoms with Crippen LogP contribution in [0.4, 0.5) is 5.69 Å². The lowest BCUT2D eigenvalue weighted by molar-refractivity contribution is 0.970. The lowest BCUT2D eigenvalue weighted by atomic mass is 10.3. The number of anilines is 1. The molecule has 0 N–H and O–H groups in total. The molecule has 0 fully saturated rings. The second-order valence-corrected chi connectivity index (χ2v) is 3.20. The molecule has 0 radical (unpaired) electrons. The monoisotopic (exact) mass is 192 g/mol. The van der Waals surface area contributed by atoms with Crippen LogP contribution in [-0.4, -0.2) is 12.9 Å². The van der Waals surface area contributed by atoms with E-state index in [4.69, 9.17) is 11.6 Å². The maximum atomic E-state index is 5.87. The van der Waals surface area contributed by atoms with E-state index in [1.165, 1.54) is 0 Å². The van der Waals surface area contributed by atoms with Crippen LogP contribution in [0.3, 0.4) is 0 Å². The summed E-state index contributed by atoms with van der Waals surface area (Å²) in [5.74, 6) is 0. The van der Waals surface area contributed by atoms with Crippen LogP contribution < -0.4 is 4.90 Å². The number of hydrogen-bond acceptors (Lipinski definition) is 2. The van der Waals surface area contributed by atoms with E-state index in [1.807, 2.05) is 41.4 Å². The van der Waals surface area contributed by atoms with Crippen LogP contribution in [0.2, 0.25) is 5.02 Å². The van der Waals surface area contributed by atoms with Crippen molar-refractivity contribution in [3.8, 4) is 0 Å². The molecule has 1 aromatic carbocycles. The summed E-state index contributed by atoms with van der Waals surface area (Å²) in [6, 6.07) is 7.73. The van der Waals surface area contributed by atoms with E-state index >= 15 is 0 Å². The third kappa shape index (κ3) is 1.90. The molecule has 0 aliphatic carbocycles. The maximum absolute atomic E-state index is 5.87. The lowest BCUT2D eigenvalue weighted by Gasteiger charge is -2.19. The van der Waals surface area contributed by atoms with E-state index in [2.05, 4.69) is 4.99 Å². The first-order valence-electron chi connectivity index (χ1n) is 4.05. The molecule has 0 amide bonds. The smallest absolute Gasteiger partial charge is 0.114 e. The maximum Gasteiger partial charge on any atom is 0.114 e. The van der Waals surface area contributed by atoms with E-state index in [-0.39, 0.29) is 0 Å². The average molecular weight is 193 g/mol. The van der Waals surface area contributed by atoms with Gasteiger partial charge >= 0.3 is 0 Å². The van der Waals surface area contributed by atoms with E-state index in [0.29, 0.717) is 6.67 Å². The van der Waals surface area contributed by atoms with E-state index in [1.54, 1.807) is 6.21 Å². The van der Waals surface area contributed by atoms with Gasteiger partial charge in [-0.15, -0.1) is 0 Å². The molecule has 1 aromatic rings. The Kier molecular flexibility index (Phi) is 2.32. The van der Waals surface area contributed by atoms with Gasteiger partial charge in [0, 0.05) is 23.1 Å². The Morgan fingerprint density at radius 2 is 2.31 bits per heavy atom. The zero-order chi connectivity index (χ0) is 9.10. The summed E-state index contributed by atoms with van der Waals surface area (Å²) in [6.45, 7) is 0.664. The fourth-order valence-corrected chi connectivity index (χ4v) is 1.39. The molecule has 0 bridgehead atoms. The number of halogens is 1. The largest absolute Gasteiger partial charge is 0.328 e. The lowest BCUT2D eigenvalue weighted by Crippen LogP contribution is -2.18. The Labute approximate surface area is 82.2 Å². The van der Waals surface area contributed by atoms with Gasteiger partial charge in [0.1, 0.15) is 6.67 Å². The van der Waals surface area contributed by atoms with Crippen molar-refractivity contribution < 1.29 is 0 Å². The predicted molar refractivity (Wildman–Crippen MR) is 56.4 cm³/mol. The first-order valence-corrected chi connectivity index (χ1v) is 4.43. The van der Waals surface area contributed by atoms with Gasteiger partial charge in [0.25, 0.3) is 0 Å². The highest BCUT2D eigenvalue weighted by molar-refractivity contribution is 6.30. The molecular weight excluding hydrogens is 184 g/mol. The number of aliphatic imine (C=N–C) groups is 1. The second kappa shape index (κ2) is 3.62. The van der Waals surface area contributed by atoms with Crippen LogP contribution in [-0.2, 0) is 0 Å². The highest BCUT2D eigenvalue weighted by atomic mass is 35.5. The van der Waals surface area contributed by atoms with Gasteiger partial charge in [0.2, 0.25) is 0 Å². The standard InChI is InChI=1S/C10H9ClN2/c11-9-3-1-4-10(7-9)13-6-2-5-12-8-13/h1-7H,8H2. The van der Waals surface area contributed by atoms with Crippen molar-refractivity contribution in [2.45, 2.75) is 0 Å². The summed E-state index contributed by atoms with van der Waals surface area (Å²) in [4.78, 5) is 6.17. The summed E-state index contributed by atoms with van der Waals surface area (Å²) in [5, 5.41) is 0.750. The van der Waals surface area contributed by atoms with Crippen molar-refractivity contribution in [1.82, 2.24) is 0 Å². The van der Waals surface area contributed by atoms with Crippen LogP contribution in [0.5, 0.6) is 0 Å². The van der Waals surface area contributed by atoms with Crippen LogP contribution in [0.1, 0.15) is 0 Å². The Hall–Kier alpha value is -1.28. The van der Waals surface area contributed by atoms with Crippen LogP contribution in [0, 0.1) is 0 Å². The summed E-state index contributed by atoms with van der Waals surface area (Å²) >= 11 is 5.87. The fraction of sp³-hybridized carbons (Fsp3) is 0.100. The summed E-state index contributed by atoms with van der Waals surface area (Å²) < 4.78 is 0. The minimum atomic E-state index is 0.664. The molecule has 66 valence electrons. The molecule has 2 nitrogen and oxygen atoms in total. The third-order valence-corrected chi connectivity index (χ3v) is 2.07. The van der Waals surface area contributed by atoms with Crippen molar-refractivity contribution in [3.63, 3.8) is 0 Å². The molecule has 0 spiro atoms. The molecule has 1 aliphatic heterocycles. The van der Waals surface area contributed by atoms with Crippen molar-refractivity contribution in [2.75, 3.05) is 11.6 Å². The Bertz CT molecular complexity index is 358. The Morgan fingerprint density at radius 1 is 1.38 bits per heavy atom. The zero-order valence-electron chi connectivity index (χ0n) is 7.02. The molecule has 2 rings (SSSR count). The fourth-order valence-electron chi connectivity index (χ4n) is 1.21. The van der Waals surface area contributed by atoms with Crippen molar-refractivity contribution in [3.05, 3.63) is 41.6 Å². The molecule has 13 heavy (non-hydrogen) atoms. The van der Waals surface area contributed by atoms with Gasteiger partial charge in [-0.3, -0.25) is 4.99 Å². The van der Waals surface area contributed by atoms with Crippen molar-refractivity contribution >= 4 is 23.5 Å². The average Bonchev–Trinajstić information content (AvgIpc) is 2.19. The normalized spacial score (nSPS) is 15.0. The zero-order valence-corrected chi connectivity index (χ0v) is 7.78. The summed E-state index contributed by atoms with van der Waals surface area (Å²) in [7, 11) is 0. The molecule has 3 heteroatoms. The highest BCUT2D eigenvalue weighted by Crippen LogP contribution is 2.20. The van der Waals surface area contributed by atoms with Gasteiger partial charge < -0.3 is 4.90 Å². The van der Waals surface area contributed by atoms with Crippen molar-refractivity contribution in [2.24, 2.45) is 4.99 Å². The topological polar surface area (TPSA) is 15.6 Å². The molecule has 0 unspecified atom stereocenters. The predicted octanol–water partition coefficient (Wildman–Crippen LogP) is 2.70. The SMILES string of the molecule is Clc1cccc(N2C=CC=NC2)c1. The third-order valence-electron chi connectivity index (χ3n) is 1.83. The van der Waals surface area contributed by atoms with Gasteiger partial charge in [0.15, 0.2) is 0 Å². The van der Waals surface area contributed by atoms with Gasteiger partial charge in [-0.05, 0) is 24.3 Å². The Balaban J connectivity index is 2.25. The molecule has 1 heterocycles. The summed E-state index contributed by atoms with van der Waals surface area (Å²) in [5.41, 5.74) is 1.07. The number of rotatable bonds is 1.